The van der Waals surface area contributed by atoms with Gasteiger partial charge >= 0.3 is 5.97 Å². The van der Waals surface area contributed by atoms with Gasteiger partial charge in [0.25, 0.3) is 0 Å². The van der Waals surface area contributed by atoms with Crippen molar-refractivity contribution < 1.29 is 15.0 Å². The summed E-state index contributed by atoms with van der Waals surface area (Å²) in [5, 5.41) is 26.4. The lowest BCUT2D eigenvalue weighted by Gasteiger charge is -2.00. The number of aromatic nitrogens is 3. The van der Waals surface area contributed by atoms with Crippen LogP contribution in [-0.2, 0) is 0 Å². The van der Waals surface area contributed by atoms with Gasteiger partial charge in [0.15, 0.2) is 0 Å². The number of benzene rings is 2. The number of hydrogen-bond acceptors (Lipinski definition) is 4. The molecule has 2 N–H and O–H groups in total. The number of rotatable bonds is 3. The predicted molar refractivity (Wildman–Crippen MR) is 75.4 cm³/mol. The third-order valence-electron chi connectivity index (χ3n) is 3.02. The minimum absolute atomic E-state index is 0.148. The van der Waals surface area contributed by atoms with Crippen molar-refractivity contribution in [3.05, 3.63) is 60.3 Å². The molecule has 0 aliphatic rings. The molecule has 2 aromatic carbocycles. The SMILES string of the molecule is O=C(O)c1ccc(-c2cn(-c3cccc(O)c3)nn2)cc1. The van der Waals surface area contributed by atoms with Gasteiger partial charge in [0.1, 0.15) is 11.4 Å². The summed E-state index contributed by atoms with van der Waals surface area (Å²) in [7, 11) is 0. The van der Waals surface area contributed by atoms with Crippen molar-refractivity contribution in [2.75, 3.05) is 0 Å². The quantitative estimate of drug-likeness (QED) is 0.769. The normalized spacial score (nSPS) is 10.5. The molecule has 6 nitrogen and oxygen atoms in total. The van der Waals surface area contributed by atoms with E-state index in [4.69, 9.17) is 5.11 Å². The van der Waals surface area contributed by atoms with Crippen LogP contribution in [0.3, 0.4) is 0 Å². The van der Waals surface area contributed by atoms with E-state index in [2.05, 4.69) is 10.3 Å². The summed E-state index contributed by atoms with van der Waals surface area (Å²) < 4.78 is 1.54. The molecule has 1 aromatic heterocycles. The Morgan fingerprint density at radius 1 is 1.10 bits per heavy atom. The molecule has 0 aliphatic carbocycles. The summed E-state index contributed by atoms with van der Waals surface area (Å²) in [4.78, 5) is 10.8. The summed E-state index contributed by atoms with van der Waals surface area (Å²) >= 11 is 0. The Morgan fingerprint density at radius 3 is 2.52 bits per heavy atom. The van der Waals surface area contributed by atoms with Gasteiger partial charge in [-0.05, 0) is 24.3 Å². The van der Waals surface area contributed by atoms with Crippen molar-refractivity contribution >= 4 is 5.97 Å². The number of carbonyl (C=O) groups is 1. The molecular formula is C15H11N3O3. The molecule has 0 radical (unpaired) electrons. The highest BCUT2D eigenvalue weighted by Gasteiger charge is 2.07. The molecule has 21 heavy (non-hydrogen) atoms. The van der Waals surface area contributed by atoms with Gasteiger partial charge in [0.2, 0.25) is 0 Å². The number of aromatic carboxylic acids is 1. The lowest BCUT2D eigenvalue weighted by molar-refractivity contribution is 0.0697. The van der Waals surface area contributed by atoms with Gasteiger partial charge in [0.05, 0.1) is 17.4 Å². The van der Waals surface area contributed by atoms with E-state index in [1.54, 1.807) is 47.3 Å². The number of hydrogen-bond donors (Lipinski definition) is 2. The number of aromatic hydroxyl groups is 1. The third-order valence-corrected chi connectivity index (χ3v) is 3.02. The fourth-order valence-electron chi connectivity index (χ4n) is 1.94. The minimum Gasteiger partial charge on any atom is -0.508 e. The first-order chi connectivity index (χ1) is 10.1. The molecule has 0 unspecified atom stereocenters. The Balaban J connectivity index is 1.93. The zero-order chi connectivity index (χ0) is 14.8. The van der Waals surface area contributed by atoms with Crippen LogP contribution in [-0.4, -0.2) is 31.2 Å². The van der Waals surface area contributed by atoms with Gasteiger partial charge in [-0.25, -0.2) is 9.48 Å². The molecule has 0 saturated heterocycles. The van der Waals surface area contributed by atoms with Crippen LogP contribution in [0.25, 0.3) is 16.9 Å². The van der Waals surface area contributed by atoms with Crippen molar-refractivity contribution in [1.29, 1.82) is 0 Å². The van der Waals surface area contributed by atoms with Crippen LogP contribution >= 0.6 is 0 Å². The van der Waals surface area contributed by atoms with Gasteiger partial charge in [-0.1, -0.05) is 23.4 Å². The van der Waals surface area contributed by atoms with Crippen molar-refractivity contribution in [2.45, 2.75) is 0 Å². The van der Waals surface area contributed by atoms with Crippen molar-refractivity contribution in [3.8, 4) is 22.7 Å². The molecule has 0 fully saturated rings. The molecule has 0 saturated carbocycles. The van der Waals surface area contributed by atoms with Crippen LogP contribution in [0.4, 0.5) is 0 Å². The van der Waals surface area contributed by atoms with E-state index in [1.165, 1.54) is 12.1 Å². The second kappa shape index (κ2) is 5.09. The average Bonchev–Trinajstić information content (AvgIpc) is 2.97. The zero-order valence-electron chi connectivity index (χ0n) is 10.8. The number of phenols is 1. The Morgan fingerprint density at radius 2 is 1.86 bits per heavy atom. The Labute approximate surface area is 119 Å². The summed E-state index contributed by atoms with van der Waals surface area (Å²) in [6.07, 6.45) is 1.71. The molecule has 104 valence electrons. The first kappa shape index (κ1) is 12.9. The summed E-state index contributed by atoms with van der Waals surface area (Å²) in [5.41, 5.74) is 2.30. The summed E-state index contributed by atoms with van der Waals surface area (Å²) in [6.45, 7) is 0. The molecule has 0 spiro atoms. The molecule has 0 bridgehead atoms. The molecule has 0 amide bonds. The maximum Gasteiger partial charge on any atom is 0.335 e. The Hall–Kier alpha value is -3.15. The maximum atomic E-state index is 10.8. The minimum atomic E-state index is -0.968. The zero-order valence-corrected chi connectivity index (χ0v) is 10.8. The molecule has 6 heteroatoms. The lowest BCUT2D eigenvalue weighted by Crippen LogP contribution is -1.94. The second-order valence-electron chi connectivity index (χ2n) is 4.45. The van der Waals surface area contributed by atoms with Gasteiger partial charge < -0.3 is 10.2 Å². The highest BCUT2D eigenvalue weighted by molar-refractivity contribution is 5.88. The predicted octanol–water partition coefficient (Wildman–Crippen LogP) is 2.34. The topological polar surface area (TPSA) is 88.2 Å². The smallest absolute Gasteiger partial charge is 0.335 e. The highest BCUT2D eigenvalue weighted by Crippen LogP contribution is 2.20. The van der Waals surface area contributed by atoms with E-state index in [0.717, 1.165) is 5.56 Å². The number of carboxylic acids is 1. The van der Waals surface area contributed by atoms with Gasteiger partial charge in [-0.15, -0.1) is 5.10 Å². The second-order valence-corrected chi connectivity index (χ2v) is 4.45. The van der Waals surface area contributed by atoms with E-state index < -0.39 is 5.97 Å². The molecular weight excluding hydrogens is 270 g/mol. The fourth-order valence-corrected chi connectivity index (χ4v) is 1.94. The van der Waals surface area contributed by atoms with Crippen molar-refractivity contribution in [3.63, 3.8) is 0 Å². The van der Waals surface area contributed by atoms with E-state index in [-0.39, 0.29) is 11.3 Å². The van der Waals surface area contributed by atoms with Crippen LogP contribution in [0.5, 0.6) is 5.75 Å². The van der Waals surface area contributed by atoms with Crippen LogP contribution in [0.2, 0.25) is 0 Å². The van der Waals surface area contributed by atoms with E-state index >= 15 is 0 Å². The molecule has 0 atom stereocenters. The highest BCUT2D eigenvalue weighted by atomic mass is 16.4. The van der Waals surface area contributed by atoms with Crippen LogP contribution in [0.15, 0.2) is 54.7 Å². The molecule has 0 aliphatic heterocycles. The molecule has 3 aromatic rings. The number of carboxylic acid groups (broad SMARTS) is 1. The van der Waals surface area contributed by atoms with Crippen LogP contribution in [0, 0.1) is 0 Å². The Kier molecular flexibility index (Phi) is 3.12. The average molecular weight is 281 g/mol. The molecule has 3 rings (SSSR count). The lowest BCUT2D eigenvalue weighted by atomic mass is 10.1. The van der Waals surface area contributed by atoms with Gasteiger partial charge in [0, 0.05) is 11.6 Å². The van der Waals surface area contributed by atoms with Crippen molar-refractivity contribution in [2.24, 2.45) is 0 Å². The Bertz CT molecular complexity index is 794. The van der Waals surface area contributed by atoms with Gasteiger partial charge in [-0.2, -0.15) is 0 Å². The summed E-state index contributed by atoms with van der Waals surface area (Å²) in [5.74, 6) is -0.819. The first-order valence-electron chi connectivity index (χ1n) is 6.19. The first-order valence-corrected chi connectivity index (χ1v) is 6.19. The van der Waals surface area contributed by atoms with E-state index in [9.17, 15) is 9.90 Å². The van der Waals surface area contributed by atoms with Crippen molar-refractivity contribution in [1.82, 2.24) is 15.0 Å². The maximum absolute atomic E-state index is 10.8. The largest absolute Gasteiger partial charge is 0.508 e. The third kappa shape index (κ3) is 2.59. The fraction of sp³-hybridized carbons (Fsp3) is 0. The van der Waals surface area contributed by atoms with Gasteiger partial charge in [-0.3, -0.25) is 0 Å². The number of nitrogens with zero attached hydrogens (tertiary/aromatic N) is 3. The number of phenolic OH excluding ortho intramolecular Hbond substituents is 1. The van der Waals surface area contributed by atoms with E-state index in [0.29, 0.717) is 11.4 Å². The van der Waals surface area contributed by atoms with E-state index in [1.807, 2.05) is 0 Å². The standard InChI is InChI=1S/C15H11N3O3/c19-13-3-1-2-12(8-13)18-9-14(16-17-18)10-4-6-11(7-5-10)15(20)21/h1-9,19H,(H,20,21). The van der Waals surface area contributed by atoms with Crippen LogP contribution < -0.4 is 0 Å². The summed E-state index contributed by atoms with van der Waals surface area (Å²) in [6, 6.07) is 13.1. The molecule has 1 heterocycles. The monoisotopic (exact) mass is 281 g/mol. The van der Waals surface area contributed by atoms with Crippen LogP contribution in [0.1, 0.15) is 10.4 Å².